The number of piperazine rings is 1. The fourth-order valence-electron chi connectivity index (χ4n) is 9.34. The molecule has 3 aromatic rings. The molecule has 7 aliphatic rings. The summed E-state index contributed by atoms with van der Waals surface area (Å²) in [6, 6.07) is 3.15. The van der Waals surface area contributed by atoms with E-state index in [2.05, 4.69) is 10.6 Å². The third-order valence-corrected chi connectivity index (χ3v) is 13.0. The minimum Gasteiger partial charge on any atom is -0.507 e. The number of aryl methyl sites for hydroxylation is 1. The van der Waals surface area contributed by atoms with E-state index in [-0.39, 0.29) is 42.2 Å². The first-order chi connectivity index (χ1) is 24.1. The summed E-state index contributed by atoms with van der Waals surface area (Å²) in [4.78, 5) is 16.5. The normalized spacial score (nSPS) is 30.5. The summed E-state index contributed by atoms with van der Waals surface area (Å²) in [6.07, 6.45) is 0.00351. The van der Waals surface area contributed by atoms with Gasteiger partial charge in [-0.25, -0.2) is 4.79 Å². The molecule has 7 atom stereocenters. The number of esters is 1. The van der Waals surface area contributed by atoms with E-state index in [1.165, 1.54) is 26.0 Å². The zero-order chi connectivity index (χ0) is 34.8. The summed E-state index contributed by atoms with van der Waals surface area (Å²) in [5.41, 5.74) is 4.29. The van der Waals surface area contributed by atoms with E-state index in [1.54, 1.807) is 19.1 Å². The summed E-state index contributed by atoms with van der Waals surface area (Å²) in [7, 11) is 3.00. The number of aromatic hydroxyl groups is 3. The van der Waals surface area contributed by atoms with Gasteiger partial charge in [0.05, 0.1) is 37.6 Å². The predicted octanol–water partition coefficient (Wildman–Crippen LogP) is 2.85. The number of fused-ring (bicyclic) bond motifs is 9. The number of nitrogens with one attached hydrogen (secondary N) is 2. The molecular formula is C36H39N3O10S. The fraction of sp³-hybridized carbons (Fsp3) is 0.472. The molecule has 7 aliphatic heterocycles. The highest BCUT2D eigenvalue weighted by Crippen LogP contribution is 2.63. The largest absolute Gasteiger partial charge is 0.507 e. The van der Waals surface area contributed by atoms with Gasteiger partial charge in [0.2, 0.25) is 6.79 Å². The van der Waals surface area contributed by atoms with Gasteiger partial charge in [0.1, 0.15) is 18.6 Å². The topological polar surface area (TPSA) is 171 Å². The van der Waals surface area contributed by atoms with Crippen molar-refractivity contribution in [3.8, 4) is 40.2 Å². The first-order valence-electron chi connectivity index (χ1n) is 16.8. The lowest BCUT2D eigenvalue weighted by molar-refractivity contribution is -0.164. The lowest BCUT2D eigenvalue weighted by atomic mass is 9.74. The van der Waals surface area contributed by atoms with Crippen molar-refractivity contribution in [2.24, 2.45) is 0 Å². The van der Waals surface area contributed by atoms with E-state index >= 15 is 0 Å². The van der Waals surface area contributed by atoms with E-state index in [9.17, 15) is 25.2 Å². The molecule has 10 rings (SSSR count). The molecule has 6 N–H and O–H groups in total. The minimum absolute atomic E-state index is 0.0115. The maximum Gasteiger partial charge on any atom is 0.331 e. The highest BCUT2D eigenvalue weighted by molar-refractivity contribution is 7.99. The summed E-state index contributed by atoms with van der Waals surface area (Å²) in [5, 5.41) is 53.3. The van der Waals surface area contributed by atoms with Gasteiger partial charge in [-0.2, -0.15) is 0 Å². The number of carbonyl (C=O) groups excluding carboxylic acids is 1. The molecule has 0 aromatic heterocycles. The van der Waals surface area contributed by atoms with Crippen LogP contribution in [0, 0.1) is 13.8 Å². The number of aliphatic hydroxyl groups excluding tert-OH is 1. The van der Waals surface area contributed by atoms with Crippen LogP contribution in [0.1, 0.15) is 61.8 Å². The van der Waals surface area contributed by atoms with Crippen LogP contribution < -0.4 is 29.6 Å². The number of aliphatic hydroxyl groups is 1. The number of benzene rings is 3. The van der Waals surface area contributed by atoms with E-state index in [0.29, 0.717) is 64.5 Å². The molecule has 0 saturated carbocycles. The number of phenolic OH excluding ortho intramolecular Hbond substituents is 3. The monoisotopic (exact) mass is 705 g/mol. The minimum atomic E-state index is -1.32. The van der Waals surface area contributed by atoms with Gasteiger partial charge in [-0.05, 0) is 61.1 Å². The highest BCUT2D eigenvalue weighted by atomic mass is 32.2. The number of nitrogens with zero attached hydrogens (tertiary/aromatic N) is 1. The second kappa shape index (κ2) is 11.2. The van der Waals surface area contributed by atoms with Crippen molar-refractivity contribution in [3.63, 3.8) is 0 Å². The van der Waals surface area contributed by atoms with E-state index in [0.717, 1.165) is 16.7 Å². The molecule has 13 nitrogen and oxygen atoms in total. The standard InChI is InChI=1S/C36H39N3O10S/c1-14-7-17-8-19-34(43)39-20-11-47-35(44)36(18-10-22(45-3)21(40)9-16(18)5-6-37-36)12-50-33(27(39)26(38-19)23(17)29(42)30(14)46-4)25-24(20)32-31(48-13-49-32)15(2)28(25)41/h7,9-10,19-20,26-27,33-34,37-38,40-43H,5-6,8,11-13H2,1-4H3/t19?,20-,26?,27+,33+,34-,36+/m0/s1. The van der Waals surface area contributed by atoms with Crippen LogP contribution >= 0.6 is 11.8 Å². The average Bonchev–Trinajstić information content (AvgIpc) is 3.60. The van der Waals surface area contributed by atoms with Crippen molar-refractivity contribution >= 4 is 17.7 Å². The lowest BCUT2D eigenvalue weighted by Crippen LogP contribution is -2.69. The van der Waals surface area contributed by atoms with Crippen LogP contribution in [0.15, 0.2) is 18.2 Å². The molecule has 3 aromatic carbocycles. The number of hydrogen-bond acceptors (Lipinski definition) is 14. The Hall–Kier alpha value is -4.08. The Labute approximate surface area is 292 Å². The van der Waals surface area contributed by atoms with Crippen LogP contribution in [0.2, 0.25) is 0 Å². The Morgan fingerprint density at radius 3 is 2.56 bits per heavy atom. The summed E-state index contributed by atoms with van der Waals surface area (Å²) >= 11 is 1.46. The van der Waals surface area contributed by atoms with Crippen molar-refractivity contribution < 1.29 is 48.9 Å². The molecule has 1 spiro atoms. The first-order valence-corrected chi connectivity index (χ1v) is 17.8. The van der Waals surface area contributed by atoms with Gasteiger partial charge < -0.3 is 49.4 Å². The molecule has 4 bridgehead atoms. The average molecular weight is 706 g/mol. The van der Waals surface area contributed by atoms with E-state index < -0.39 is 47.2 Å². The van der Waals surface area contributed by atoms with Crippen molar-refractivity contribution in [2.45, 2.75) is 67.9 Å². The SMILES string of the molecule is COc1cc2c(cc1O)CCN[C@]21CS[C@@H]2c3c(O)c(C)c4c(c3[C@H](COC1=O)N1[C@@H]2C2NC(Cc3cc(C)c(OC)c(O)c32)[C@@H]1O)OCO4. The van der Waals surface area contributed by atoms with Crippen LogP contribution in [0.4, 0.5) is 0 Å². The second-order valence-corrected chi connectivity index (χ2v) is 15.1. The summed E-state index contributed by atoms with van der Waals surface area (Å²) in [6.45, 7) is 3.93. The van der Waals surface area contributed by atoms with Crippen molar-refractivity contribution in [1.82, 2.24) is 15.5 Å². The number of thioether (sulfide) groups is 1. The van der Waals surface area contributed by atoms with Gasteiger partial charge in [-0.3, -0.25) is 10.2 Å². The summed E-state index contributed by atoms with van der Waals surface area (Å²) in [5.74, 6) is 1.27. The third-order valence-electron chi connectivity index (χ3n) is 11.5. The van der Waals surface area contributed by atoms with Gasteiger partial charge in [0.25, 0.3) is 0 Å². The molecule has 7 heterocycles. The van der Waals surface area contributed by atoms with Gasteiger partial charge >= 0.3 is 5.97 Å². The van der Waals surface area contributed by atoms with Crippen LogP contribution in [0.5, 0.6) is 40.2 Å². The lowest BCUT2D eigenvalue weighted by Gasteiger charge is -2.59. The molecule has 2 unspecified atom stereocenters. The number of ether oxygens (including phenoxy) is 5. The van der Waals surface area contributed by atoms with Crippen LogP contribution in [0.3, 0.4) is 0 Å². The highest BCUT2D eigenvalue weighted by Gasteiger charge is 2.59. The van der Waals surface area contributed by atoms with Crippen molar-refractivity contribution in [2.75, 3.05) is 39.9 Å². The number of phenols is 3. The van der Waals surface area contributed by atoms with E-state index in [1.807, 2.05) is 17.9 Å². The Balaban J connectivity index is 1.28. The zero-order valence-corrected chi connectivity index (χ0v) is 28.8. The number of carbonyl (C=O) groups is 1. The zero-order valence-electron chi connectivity index (χ0n) is 28.0. The third kappa shape index (κ3) is 4.13. The maximum absolute atomic E-state index is 14.5. The van der Waals surface area contributed by atoms with Crippen molar-refractivity contribution in [3.05, 3.63) is 62.7 Å². The van der Waals surface area contributed by atoms with Crippen LogP contribution in [-0.4, -0.2) is 89.5 Å². The van der Waals surface area contributed by atoms with Gasteiger partial charge in [0, 0.05) is 40.6 Å². The van der Waals surface area contributed by atoms with Crippen LogP contribution in [0.25, 0.3) is 0 Å². The smallest absolute Gasteiger partial charge is 0.331 e. The quantitative estimate of drug-likeness (QED) is 0.215. The van der Waals surface area contributed by atoms with Crippen molar-refractivity contribution in [1.29, 1.82) is 0 Å². The molecule has 2 fully saturated rings. The molecule has 0 aliphatic carbocycles. The first kappa shape index (κ1) is 31.9. The second-order valence-electron chi connectivity index (χ2n) is 13.9. The molecular weight excluding hydrogens is 666 g/mol. The van der Waals surface area contributed by atoms with Gasteiger partial charge in [0.15, 0.2) is 40.0 Å². The molecule has 0 amide bonds. The number of hydrogen-bond donors (Lipinski definition) is 6. The predicted molar refractivity (Wildman–Crippen MR) is 180 cm³/mol. The Bertz CT molecular complexity index is 1970. The molecule has 14 heteroatoms. The molecule has 264 valence electrons. The van der Waals surface area contributed by atoms with Gasteiger partial charge in [-0.15, -0.1) is 11.8 Å². The molecule has 0 radical (unpaired) electrons. The maximum atomic E-state index is 14.5. The van der Waals surface area contributed by atoms with Crippen LogP contribution in [-0.2, 0) is 27.9 Å². The molecule has 50 heavy (non-hydrogen) atoms. The molecule has 2 saturated heterocycles. The summed E-state index contributed by atoms with van der Waals surface area (Å²) < 4.78 is 29.4. The Kier molecular flexibility index (Phi) is 7.14. The van der Waals surface area contributed by atoms with E-state index in [4.69, 9.17) is 23.7 Å². The number of rotatable bonds is 2. The Morgan fingerprint density at radius 1 is 0.980 bits per heavy atom. The van der Waals surface area contributed by atoms with Gasteiger partial charge in [-0.1, -0.05) is 6.07 Å². The fourth-order valence-corrected chi connectivity index (χ4v) is 11.0. The Morgan fingerprint density at radius 2 is 1.78 bits per heavy atom. The number of methoxy groups -OCH3 is 2.